The Morgan fingerprint density at radius 1 is 0.805 bits per heavy atom. The number of hydrogen-bond acceptors (Lipinski definition) is 19. The summed E-state index contributed by atoms with van der Waals surface area (Å²) in [7, 11) is 6.22. The van der Waals surface area contributed by atoms with Crippen molar-refractivity contribution in [3.63, 3.8) is 0 Å². The van der Waals surface area contributed by atoms with Crippen LogP contribution in [0.5, 0.6) is 5.75 Å². The maximum absolute atomic E-state index is 15.2. The second kappa shape index (κ2) is 21.8. The van der Waals surface area contributed by atoms with Gasteiger partial charge in [-0.1, -0.05) is 55.8 Å². The van der Waals surface area contributed by atoms with Gasteiger partial charge in [-0.15, -0.1) is 0 Å². The van der Waals surface area contributed by atoms with Crippen molar-refractivity contribution in [1.82, 2.24) is 14.8 Å². The fourth-order valence-corrected chi connectivity index (χ4v) is 13.4. The number of carboxylic acid groups (broad SMARTS) is 4. The molecule has 5 aliphatic heterocycles. The summed E-state index contributed by atoms with van der Waals surface area (Å²) in [6.07, 6.45) is -1.39. The van der Waals surface area contributed by atoms with Crippen molar-refractivity contribution in [1.29, 1.82) is 0 Å². The van der Waals surface area contributed by atoms with E-state index in [1.165, 1.54) is 26.7 Å². The van der Waals surface area contributed by atoms with Gasteiger partial charge >= 0.3 is 41.8 Å². The molecule has 2 bridgehead atoms. The van der Waals surface area contributed by atoms with E-state index < -0.39 is 94.2 Å². The fraction of sp³-hybridized carbons (Fsp3) is 0.528. The second-order valence-corrected chi connectivity index (χ2v) is 20.3. The minimum atomic E-state index is -2.27. The Hall–Kier alpha value is -6.93. The standard InChI is InChI=1S/C45H54N4O8.2C4H6O6/c1-8-27-19-28-22-44(40(51)55-6,36-30(25-48(23-27)24-28)29-13-10-11-14-33(29)46-36)32-20-31-34(21-35(32)54-5)47(4)38-43(31)16-18-49-17-12-15-42(9-2,37(43)49)39(57-26(3)50)45(38,53)41(52)56-7;2*5-1(3(7)8)2(6)4(9)10/h10-15,19-21,28,37-39,46,53H,8-9,16-18,22-25H2,1-7H3;2*1-2,5-6H,(H,7,8)(H,9,10)/t28-,37+,38-,39-,42-,43-,44+,45+;2*1-,2-/m111/s1. The number of hydrogen-bond donors (Lipinski definition) is 10. The first kappa shape index (κ1) is 57.8. The van der Waals surface area contributed by atoms with E-state index in [2.05, 4.69) is 58.1 Å². The molecule has 1 aromatic heterocycles. The van der Waals surface area contributed by atoms with Crippen LogP contribution in [0.1, 0.15) is 68.8 Å². The molecule has 6 heterocycles. The van der Waals surface area contributed by atoms with E-state index in [1.54, 1.807) is 7.11 Å². The summed E-state index contributed by atoms with van der Waals surface area (Å²) in [4.78, 5) is 92.2. The van der Waals surface area contributed by atoms with E-state index in [1.807, 2.05) is 37.1 Å². The van der Waals surface area contributed by atoms with Gasteiger partial charge in [0, 0.05) is 90.9 Å². The number of rotatable bonds is 13. The predicted molar refractivity (Wildman–Crippen MR) is 269 cm³/mol. The number of anilines is 1. The minimum absolute atomic E-state index is 0.0284. The summed E-state index contributed by atoms with van der Waals surface area (Å²) in [5.74, 6) is -8.39. The van der Waals surface area contributed by atoms with Crippen LogP contribution in [-0.2, 0) is 65.1 Å². The van der Waals surface area contributed by atoms with Crippen LogP contribution < -0.4 is 9.64 Å². The van der Waals surface area contributed by atoms with Crippen molar-refractivity contribution in [2.75, 3.05) is 59.5 Å². The van der Waals surface area contributed by atoms with Crippen LogP contribution in [0.15, 0.2) is 60.2 Å². The van der Waals surface area contributed by atoms with Crippen LogP contribution in [0.25, 0.3) is 10.9 Å². The number of para-hydroxylation sites is 1. The second-order valence-electron chi connectivity index (χ2n) is 20.3. The lowest BCUT2D eigenvalue weighted by Gasteiger charge is -2.63. The Bertz CT molecular complexity index is 2830. The van der Waals surface area contributed by atoms with Gasteiger partial charge < -0.3 is 74.8 Å². The molecule has 77 heavy (non-hydrogen) atoms. The van der Waals surface area contributed by atoms with Gasteiger partial charge in [0.2, 0.25) is 5.60 Å². The maximum atomic E-state index is 15.2. The van der Waals surface area contributed by atoms with Gasteiger partial charge in [0.05, 0.1) is 27.4 Å². The number of aromatic nitrogens is 1. The Morgan fingerprint density at radius 3 is 1.94 bits per heavy atom. The molecule has 2 aromatic carbocycles. The molecule has 418 valence electrons. The average Bonchev–Trinajstić information content (AvgIpc) is 4.06. The summed E-state index contributed by atoms with van der Waals surface area (Å²) < 4.78 is 23.9. The van der Waals surface area contributed by atoms with Gasteiger partial charge in [0.1, 0.15) is 11.2 Å². The van der Waals surface area contributed by atoms with Gasteiger partial charge in [-0.2, -0.15) is 0 Å². The van der Waals surface area contributed by atoms with Gasteiger partial charge in [-0.3, -0.25) is 19.4 Å². The highest BCUT2D eigenvalue weighted by atomic mass is 16.6. The number of nitrogens with zero attached hydrogens (tertiary/aromatic N) is 3. The molecule has 2 fully saturated rings. The first-order valence-electron chi connectivity index (χ1n) is 24.9. The third-order valence-corrected chi connectivity index (χ3v) is 16.4. The first-order chi connectivity index (χ1) is 36.3. The molecule has 0 radical (unpaired) electrons. The summed E-state index contributed by atoms with van der Waals surface area (Å²) in [6.45, 7) is 9.19. The zero-order chi connectivity index (χ0) is 56.9. The number of carbonyl (C=O) groups excluding carboxylic acids is 3. The molecule has 24 heteroatoms. The van der Waals surface area contributed by atoms with Crippen LogP contribution in [0.2, 0.25) is 0 Å². The number of ether oxygens (including phenoxy) is 4. The SMILES string of the molecule is CCC1=C[C@H]2CN(C1)Cc1c([nH]c3ccccc13)[C@@](C(=O)OC)(c1cc3c(cc1OC)N(C)[C@H]1[C@@](O)(C(=O)OC)[C@H](OC(C)=O)[C@]4(CC)C=CCN5CC[C@]31[C@@H]54)C2.O=C(O)[C@H](O)[C@@H](O)C(=O)O.O=C(O)[C@H](O)[C@@H](O)C(=O)O. The highest BCUT2D eigenvalue weighted by Gasteiger charge is 2.80. The van der Waals surface area contributed by atoms with Gasteiger partial charge in [-0.25, -0.2) is 24.0 Å². The summed E-state index contributed by atoms with van der Waals surface area (Å²) >= 11 is 0. The number of fused-ring (bicyclic) bond motifs is 6. The lowest BCUT2D eigenvalue weighted by atomic mass is 9.47. The van der Waals surface area contributed by atoms with E-state index in [0.717, 1.165) is 52.9 Å². The zero-order valence-electron chi connectivity index (χ0n) is 43.5. The largest absolute Gasteiger partial charge is 0.496 e. The zero-order valence-corrected chi connectivity index (χ0v) is 43.5. The number of esters is 3. The average molecular weight is 1080 g/mol. The molecular weight excluding hydrogens is 1010 g/mol. The van der Waals surface area contributed by atoms with E-state index in [4.69, 9.17) is 59.8 Å². The number of aliphatic hydroxyl groups excluding tert-OH is 4. The highest BCUT2D eigenvalue weighted by Crippen LogP contribution is 2.68. The molecule has 1 saturated heterocycles. The van der Waals surface area contributed by atoms with Crippen molar-refractivity contribution >= 4 is 58.4 Å². The van der Waals surface area contributed by atoms with E-state index >= 15 is 4.79 Å². The Balaban J connectivity index is 0.000000365. The third kappa shape index (κ3) is 9.27. The van der Waals surface area contributed by atoms with E-state index in [0.29, 0.717) is 50.2 Å². The number of aromatic amines is 1. The Labute approximate surface area is 441 Å². The number of H-pyrrole nitrogens is 1. The minimum Gasteiger partial charge on any atom is -0.496 e. The van der Waals surface area contributed by atoms with Gasteiger partial charge in [0.15, 0.2) is 30.5 Å². The van der Waals surface area contributed by atoms with E-state index in [9.17, 15) is 33.9 Å². The number of carbonyl (C=O) groups is 7. The number of benzene rings is 2. The summed E-state index contributed by atoms with van der Waals surface area (Å²) in [5, 5.41) is 79.4. The molecule has 24 nitrogen and oxygen atoms in total. The molecule has 1 aliphatic carbocycles. The van der Waals surface area contributed by atoms with Crippen LogP contribution >= 0.6 is 0 Å². The lowest BCUT2D eigenvalue weighted by molar-refractivity contribution is -0.228. The summed E-state index contributed by atoms with van der Waals surface area (Å²) in [6, 6.07) is 11.2. The van der Waals surface area contributed by atoms with Crippen molar-refractivity contribution in [3.05, 3.63) is 82.6 Å². The molecule has 1 unspecified atom stereocenters. The van der Waals surface area contributed by atoms with Crippen molar-refractivity contribution in [3.8, 4) is 5.75 Å². The van der Waals surface area contributed by atoms with Crippen LogP contribution in [0.4, 0.5) is 5.69 Å². The summed E-state index contributed by atoms with van der Waals surface area (Å²) in [5.41, 5.74) is 1.05. The quantitative estimate of drug-likeness (QED) is 0.0633. The van der Waals surface area contributed by atoms with Gasteiger partial charge in [-0.05, 0) is 61.4 Å². The Morgan fingerprint density at radius 2 is 1.40 bits per heavy atom. The molecule has 13 atom stereocenters. The normalized spacial score (nSPS) is 29.9. The lowest BCUT2D eigenvalue weighted by Crippen LogP contribution is -2.81. The fourth-order valence-electron chi connectivity index (χ4n) is 13.4. The Kier molecular flexibility index (Phi) is 16.4. The number of methoxy groups -OCH3 is 3. The molecule has 6 aliphatic rings. The molecule has 10 N–H and O–H groups in total. The number of nitrogens with one attached hydrogen (secondary N) is 1. The molecule has 9 rings (SSSR count). The third-order valence-electron chi connectivity index (χ3n) is 16.4. The molecule has 1 spiro atoms. The number of carboxylic acids is 4. The van der Waals surface area contributed by atoms with Crippen molar-refractivity contribution < 1.29 is 98.5 Å². The number of likely N-dealkylation sites (N-methyl/N-ethyl adjacent to an activating group) is 1. The predicted octanol–water partition coefficient (Wildman–Crippen LogP) is 0.508. The van der Waals surface area contributed by atoms with Crippen molar-refractivity contribution in [2.45, 2.75) is 112 Å². The van der Waals surface area contributed by atoms with Crippen molar-refractivity contribution in [2.24, 2.45) is 11.3 Å². The smallest absolute Gasteiger partial charge is 0.344 e. The monoisotopic (exact) mass is 1080 g/mol. The van der Waals surface area contributed by atoms with Crippen LogP contribution in [0, 0.1) is 11.3 Å². The number of aliphatic carboxylic acids is 4. The highest BCUT2D eigenvalue weighted by molar-refractivity contribution is 5.95. The van der Waals surface area contributed by atoms with Crippen LogP contribution in [-0.4, -0.2) is 205 Å². The van der Waals surface area contributed by atoms with Gasteiger partial charge in [0.25, 0.3) is 0 Å². The number of aliphatic hydroxyl groups is 5. The molecular formula is C53H66N4O20. The first-order valence-corrected chi connectivity index (χ1v) is 24.9. The molecule has 1 saturated carbocycles. The maximum Gasteiger partial charge on any atom is 0.344 e. The molecule has 3 aromatic rings. The molecule has 0 amide bonds. The topological polar surface area (TPSA) is 364 Å². The van der Waals surface area contributed by atoms with Crippen LogP contribution in [0.3, 0.4) is 0 Å². The van der Waals surface area contributed by atoms with E-state index in [-0.39, 0.29) is 17.9 Å².